The van der Waals surface area contributed by atoms with Gasteiger partial charge in [-0.2, -0.15) is 0 Å². The Kier molecular flexibility index (Phi) is 0.828. The first-order valence-corrected chi connectivity index (χ1v) is 6.26. The molecule has 0 atom stereocenters. The fraction of sp³-hybridized carbons (Fsp3) is 1.00. The third kappa shape index (κ3) is 0.868. The van der Waals surface area contributed by atoms with Gasteiger partial charge in [0.1, 0.15) is 0 Å². The Bertz CT molecular complexity index is 423. The van der Waals surface area contributed by atoms with Gasteiger partial charge in [-0.05, 0) is 69.5 Å². The molecule has 1 nitrogen and oxygen atoms in total. The van der Waals surface area contributed by atoms with Gasteiger partial charge in [0.2, 0.25) is 0 Å². The lowest BCUT2D eigenvalue weighted by Gasteiger charge is -2.71. The average Bonchev–Trinajstić information content (AvgIpc) is 2.21. The van der Waals surface area contributed by atoms with Crippen LogP contribution in [0.2, 0.25) is 0 Å². The quantitative estimate of drug-likeness (QED) is 0.599. The molecule has 0 aromatic carbocycles. The van der Waals surface area contributed by atoms with Crippen molar-refractivity contribution in [3.8, 4) is 0 Å². The molecule has 1 aliphatic heterocycles. The monoisotopic (exact) mass is 212 g/mol. The second-order valence-electron chi connectivity index (χ2n) is 6.31. The van der Waals surface area contributed by atoms with Crippen molar-refractivity contribution in [2.75, 3.05) is 6.61 Å². The van der Waals surface area contributed by atoms with Crippen molar-refractivity contribution in [1.82, 2.24) is 0 Å². The van der Waals surface area contributed by atoms with Crippen molar-refractivity contribution in [2.24, 2.45) is 29.1 Å². The number of hydrogen-bond donors (Lipinski definition) is 0. The van der Waals surface area contributed by atoms with E-state index in [1.165, 1.54) is 6.42 Å². The summed E-state index contributed by atoms with van der Waals surface area (Å²) in [5, 5.41) is 0. The van der Waals surface area contributed by atoms with Crippen LogP contribution in [0, 0.1) is 29.1 Å². The first-order valence-electron chi connectivity index (χ1n) is 9.26. The van der Waals surface area contributed by atoms with Crippen LogP contribution in [0.15, 0.2) is 0 Å². The first kappa shape index (κ1) is 5.08. The van der Waals surface area contributed by atoms with Gasteiger partial charge in [-0.3, -0.25) is 0 Å². The molecule has 0 aromatic heterocycles. The zero-order valence-electron chi connectivity index (χ0n) is 15.0. The fourth-order valence-corrected chi connectivity index (χ4v) is 5.22. The maximum Gasteiger partial charge on any atom is 0.0710 e. The highest BCUT2D eigenvalue weighted by Crippen LogP contribution is 2.69. The summed E-state index contributed by atoms with van der Waals surface area (Å²) in [6.45, 7) is -4.85. The zero-order valence-corrected chi connectivity index (χ0v) is 8.96. The summed E-state index contributed by atoms with van der Waals surface area (Å²) in [4.78, 5) is 0. The Balaban J connectivity index is 1.84. The minimum atomic E-state index is -2.59. The van der Waals surface area contributed by atoms with Crippen LogP contribution in [0.4, 0.5) is 0 Å². The molecule has 0 amide bonds. The van der Waals surface area contributed by atoms with Crippen molar-refractivity contribution in [3.63, 3.8) is 0 Å². The number of ether oxygens (including phenoxy) is 1. The topological polar surface area (TPSA) is 9.23 Å². The van der Waals surface area contributed by atoms with Crippen LogP contribution in [0.25, 0.3) is 0 Å². The van der Waals surface area contributed by atoms with E-state index < -0.39 is 24.7 Å². The highest BCUT2D eigenvalue weighted by atomic mass is 16.5. The van der Waals surface area contributed by atoms with Crippen molar-refractivity contribution in [3.05, 3.63) is 0 Å². The molecule has 15 heavy (non-hydrogen) atoms. The smallest absolute Gasteiger partial charge is 0.0710 e. The predicted molar refractivity (Wildman–Crippen MR) is 59.5 cm³/mol. The molecule has 4 aliphatic carbocycles. The van der Waals surface area contributed by atoms with E-state index >= 15 is 0 Å². The molecule has 5 aliphatic rings. The van der Waals surface area contributed by atoms with Crippen LogP contribution < -0.4 is 0 Å². The summed E-state index contributed by atoms with van der Waals surface area (Å²) in [5.74, 6) is 1.82. The highest BCUT2D eigenvalue weighted by molar-refractivity contribution is 5.16. The third-order valence-electron chi connectivity index (χ3n) is 5.78. The minimum absolute atomic E-state index is 0.225. The summed E-state index contributed by atoms with van der Waals surface area (Å²) in [6.07, 6.45) is 5.28. The van der Waals surface area contributed by atoms with Gasteiger partial charge in [-0.25, -0.2) is 0 Å². The molecule has 0 N–H and O–H groups in total. The summed E-state index contributed by atoms with van der Waals surface area (Å²) in [7, 11) is 0. The predicted octanol–water partition coefficient (Wildman–Crippen LogP) is 3.24. The third-order valence-corrected chi connectivity index (χ3v) is 5.78. The average molecular weight is 212 g/mol. The van der Waals surface area contributed by atoms with E-state index in [-0.39, 0.29) is 11.8 Å². The van der Waals surface area contributed by atoms with Crippen molar-refractivity contribution < 1.29 is 13.0 Å². The minimum Gasteiger partial charge on any atom is -0.374 e. The van der Waals surface area contributed by atoms with Crippen molar-refractivity contribution in [1.29, 1.82) is 0 Å². The van der Waals surface area contributed by atoms with Gasteiger partial charge < -0.3 is 4.74 Å². The molecule has 0 aromatic rings. The van der Waals surface area contributed by atoms with Crippen LogP contribution in [0.1, 0.15) is 54.0 Å². The molecule has 1 spiro atoms. The van der Waals surface area contributed by atoms with E-state index in [1.54, 1.807) is 0 Å². The number of hydrogen-bond acceptors (Lipinski definition) is 1. The van der Waals surface area contributed by atoms with Crippen molar-refractivity contribution in [2.45, 2.75) is 51.4 Å². The van der Waals surface area contributed by atoms with Crippen LogP contribution in [0.5, 0.6) is 0 Å². The lowest BCUT2D eigenvalue weighted by Crippen LogP contribution is -2.71. The lowest BCUT2D eigenvalue weighted by molar-refractivity contribution is -0.331. The summed E-state index contributed by atoms with van der Waals surface area (Å²) in [6, 6.07) is 0. The standard InChI is InChI=1S/C14H22O/c1-13(2)14(8-15-13)11-4-9-3-10(6-11)7-12(14)5-9/h9-12H,3-8H2,1-2H3/i1D3,2D3. The molecule has 0 radical (unpaired) electrons. The van der Waals surface area contributed by atoms with E-state index in [2.05, 4.69) is 0 Å². The summed E-state index contributed by atoms with van der Waals surface area (Å²) < 4.78 is 53.2. The van der Waals surface area contributed by atoms with Gasteiger partial charge in [-0.1, -0.05) is 0 Å². The molecule has 1 heteroatoms. The Labute approximate surface area is 101 Å². The van der Waals surface area contributed by atoms with Crippen LogP contribution in [0.3, 0.4) is 0 Å². The maximum absolute atomic E-state index is 7.94. The zero-order chi connectivity index (χ0) is 15.3. The Morgan fingerprint density at radius 1 is 1.00 bits per heavy atom. The van der Waals surface area contributed by atoms with E-state index in [9.17, 15) is 0 Å². The van der Waals surface area contributed by atoms with Gasteiger partial charge in [0.05, 0.1) is 12.2 Å². The van der Waals surface area contributed by atoms with Crippen molar-refractivity contribution >= 4 is 0 Å². The Morgan fingerprint density at radius 3 is 2.00 bits per heavy atom. The molecule has 0 unspecified atom stereocenters. The molecule has 1 heterocycles. The maximum atomic E-state index is 7.94. The Morgan fingerprint density at radius 2 is 1.60 bits per heavy atom. The van der Waals surface area contributed by atoms with E-state index in [4.69, 9.17) is 13.0 Å². The second kappa shape index (κ2) is 2.45. The molecular formula is C14H22O. The molecule has 4 bridgehead atoms. The SMILES string of the molecule is [2H]C([2H])([2H])C1(C([2H])([2H])[2H])OCC12C1CC3CC(C1)CC2C3. The fourth-order valence-electron chi connectivity index (χ4n) is 5.22. The van der Waals surface area contributed by atoms with Gasteiger partial charge in [0.15, 0.2) is 0 Å². The van der Waals surface area contributed by atoms with Crippen LogP contribution in [-0.4, -0.2) is 12.2 Å². The van der Waals surface area contributed by atoms with E-state index in [0.29, 0.717) is 18.4 Å². The lowest BCUT2D eigenvalue weighted by atomic mass is 9.40. The summed E-state index contributed by atoms with van der Waals surface area (Å²) in [5.41, 5.74) is -2.58. The van der Waals surface area contributed by atoms with Gasteiger partial charge in [0, 0.05) is 13.6 Å². The van der Waals surface area contributed by atoms with Gasteiger partial charge in [-0.15, -0.1) is 0 Å². The normalized spacial score (nSPS) is 67.2. The molecule has 4 saturated carbocycles. The van der Waals surface area contributed by atoms with Crippen LogP contribution >= 0.6 is 0 Å². The number of rotatable bonds is 0. The second-order valence-corrected chi connectivity index (χ2v) is 6.31. The van der Waals surface area contributed by atoms with Gasteiger partial charge in [0.25, 0.3) is 0 Å². The molecule has 1 saturated heterocycles. The van der Waals surface area contributed by atoms with Crippen LogP contribution in [-0.2, 0) is 4.74 Å². The summed E-state index contributed by atoms with van der Waals surface area (Å²) >= 11 is 0. The largest absolute Gasteiger partial charge is 0.374 e. The van der Waals surface area contributed by atoms with E-state index in [1.807, 2.05) is 0 Å². The highest BCUT2D eigenvalue weighted by Gasteiger charge is 2.68. The van der Waals surface area contributed by atoms with Gasteiger partial charge >= 0.3 is 0 Å². The Hall–Kier alpha value is -0.0400. The molecular weight excluding hydrogens is 184 g/mol. The molecule has 5 fully saturated rings. The molecule has 5 rings (SSSR count). The van der Waals surface area contributed by atoms with E-state index in [0.717, 1.165) is 25.7 Å². The molecule has 84 valence electrons. The first-order chi connectivity index (χ1) is 9.62.